The van der Waals surface area contributed by atoms with Crippen molar-refractivity contribution in [1.82, 2.24) is 4.98 Å². The largest absolute Gasteiger partial charge is 0.494 e. The molecule has 0 spiro atoms. The molecule has 0 aliphatic rings. The van der Waals surface area contributed by atoms with E-state index in [1.807, 2.05) is 66.9 Å². The van der Waals surface area contributed by atoms with Crippen molar-refractivity contribution in [1.29, 1.82) is 5.26 Å². The van der Waals surface area contributed by atoms with E-state index < -0.39 is 0 Å². The van der Waals surface area contributed by atoms with Gasteiger partial charge in [-0.3, -0.25) is 0 Å². The molecular weight excluding hydrogens is 396 g/mol. The van der Waals surface area contributed by atoms with Gasteiger partial charge in [0.2, 0.25) is 0 Å². The minimum atomic E-state index is 0.553. The van der Waals surface area contributed by atoms with E-state index in [0.717, 1.165) is 27.0 Å². The summed E-state index contributed by atoms with van der Waals surface area (Å²) in [4.78, 5) is 4.61. The maximum Gasteiger partial charge on any atom is 0.134 e. The molecule has 5 heteroatoms. The van der Waals surface area contributed by atoms with E-state index in [1.165, 1.54) is 11.3 Å². The summed E-state index contributed by atoms with van der Waals surface area (Å²) in [6, 6.07) is 17.9. The predicted octanol–water partition coefficient (Wildman–Crippen LogP) is 6.04. The lowest BCUT2D eigenvalue weighted by molar-refractivity contribution is 0.340. The zero-order chi connectivity index (χ0) is 17.6. The van der Waals surface area contributed by atoms with Crippen molar-refractivity contribution < 1.29 is 4.74 Å². The van der Waals surface area contributed by atoms with Crippen LogP contribution in [0.25, 0.3) is 22.9 Å². The Morgan fingerprint density at radius 3 is 2.56 bits per heavy atom. The highest BCUT2D eigenvalue weighted by Gasteiger charge is 2.09. The Morgan fingerprint density at radius 2 is 1.92 bits per heavy atom. The van der Waals surface area contributed by atoms with Gasteiger partial charge in [0, 0.05) is 15.4 Å². The van der Waals surface area contributed by atoms with Crippen LogP contribution in [0.4, 0.5) is 0 Å². The molecular formula is C20H15BrN2OS. The summed E-state index contributed by atoms with van der Waals surface area (Å²) >= 11 is 4.90. The van der Waals surface area contributed by atoms with Crippen molar-refractivity contribution in [2.45, 2.75) is 6.92 Å². The molecule has 0 amide bonds. The van der Waals surface area contributed by atoms with Crippen molar-refractivity contribution in [2.24, 2.45) is 0 Å². The van der Waals surface area contributed by atoms with Gasteiger partial charge in [-0.1, -0.05) is 40.2 Å². The molecule has 0 saturated heterocycles. The van der Waals surface area contributed by atoms with Crippen molar-refractivity contribution in [2.75, 3.05) is 6.61 Å². The van der Waals surface area contributed by atoms with Gasteiger partial charge in [0.25, 0.3) is 0 Å². The van der Waals surface area contributed by atoms with Crippen LogP contribution in [0.5, 0.6) is 5.75 Å². The summed E-state index contributed by atoms with van der Waals surface area (Å²) in [6.45, 7) is 2.59. The van der Waals surface area contributed by atoms with Crippen LogP contribution >= 0.6 is 27.3 Å². The molecule has 0 N–H and O–H groups in total. The van der Waals surface area contributed by atoms with Crippen molar-refractivity contribution >= 4 is 38.9 Å². The quantitative estimate of drug-likeness (QED) is 0.481. The third-order valence-electron chi connectivity index (χ3n) is 3.50. The Balaban J connectivity index is 1.86. The highest BCUT2D eigenvalue weighted by molar-refractivity contribution is 9.10. The van der Waals surface area contributed by atoms with Gasteiger partial charge in [-0.2, -0.15) is 5.26 Å². The van der Waals surface area contributed by atoms with E-state index in [1.54, 1.807) is 0 Å². The second kappa shape index (κ2) is 8.11. The van der Waals surface area contributed by atoms with Crippen LogP contribution in [0, 0.1) is 11.3 Å². The summed E-state index contributed by atoms with van der Waals surface area (Å²) in [5.41, 5.74) is 3.40. The van der Waals surface area contributed by atoms with E-state index >= 15 is 0 Å². The average Bonchev–Trinajstić information content (AvgIpc) is 3.12. The van der Waals surface area contributed by atoms with Gasteiger partial charge in [-0.05, 0) is 42.8 Å². The fourth-order valence-corrected chi connectivity index (χ4v) is 3.35. The Kier molecular flexibility index (Phi) is 5.64. The normalized spacial score (nSPS) is 11.2. The number of ether oxygens (including phenoxy) is 1. The van der Waals surface area contributed by atoms with Gasteiger partial charge in [0.15, 0.2) is 0 Å². The Hall–Kier alpha value is -2.42. The number of benzene rings is 2. The molecule has 0 atom stereocenters. The first-order valence-electron chi connectivity index (χ1n) is 7.76. The number of hydrogen-bond acceptors (Lipinski definition) is 4. The number of thiazole rings is 1. The fourth-order valence-electron chi connectivity index (χ4n) is 2.29. The second-order valence-electron chi connectivity index (χ2n) is 5.22. The molecule has 124 valence electrons. The number of nitrogens with zero attached hydrogens (tertiary/aromatic N) is 2. The number of aromatic nitrogens is 1. The molecule has 0 aliphatic carbocycles. The Bertz CT molecular complexity index is 922. The lowest BCUT2D eigenvalue weighted by Crippen LogP contribution is -1.90. The lowest BCUT2D eigenvalue weighted by Gasteiger charge is -2.02. The Morgan fingerprint density at radius 1 is 1.20 bits per heavy atom. The minimum Gasteiger partial charge on any atom is -0.494 e. The van der Waals surface area contributed by atoms with E-state index in [2.05, 4.69) is 27.0 Å². The average molecular weight is 411 g/mol. The van der Waals surface area contributed by atoms with Crippen LogP contribution in [-0.2, 0) is 0 Å². The molecule has 0 fully saturated rings. The molecule has 3 nitrogen and oxygen atoms in total. The number of hydrogen-bond donors (Lipinski definition) is 0. The summed E-state index contributed by atoms with van der Waals surface area (Å²) in [5.74, 6) is 0.824. The summed E-state index contributed by atoms with van der Waals surface area (Å²) in [7, 11) is 0. The molecule has 3 aromatic rings. The predicted molar refractivity (Wildman–Crippen MR) is 106 cm³/mol. The van der Waals surface area contributed by atoms with Gasteiger partial charge in [0.05, 0.1) is 17.9 Å². The van der Waals surface area contributed by atoms with E-state index in [9.17, 15) is 5.26 Å². The van der Waals surface area contributed by atoms with Crippen LogP contribution in [0.2, 0.25) is 0 Å². The van der Waals surface area contributed by atoms with Gasteiger partial charge < -0.3 is 4.74 Å². The van der Waals surface area contributed by atoms with Crippen molar-refractivity contribution in [3.05, 3.63) is 69.0 Å². The fraction of sp³-hybridized carbons (Fsp3) is 0.100. The number of rotatable bonds is 5. The zero-order valence-corrected chi connectivity index (χ0v) is 16.0. The topological polar surface area (TPSA) is 45.9 Å². The van der Waals surface area contributed by atoms with Gasteiger partial charge >= 0.3 is 0 Å². The number of halogens is 1. The third kappa shape index (κ3) is 4.36. The SMILES string of the molecule is CCOc1ccc(/C=C(/C#N)c2nc(-c3ccc(Br)cc3)cs2)cc1. The van der Waals surface area contributed by atoms with Crippen LogP contribution in [0.15, 0.2) is 58.4 Å². The first-order valence-corrected chi connectivity index (χ1v) is 9.43. The van der Waals surface area contributed by atoms with E-state index in [-0.39, 0.29) is 0 Å². The molecule has 0 radical (unpaired) electrons. The molecule has 2 aromatic carbocycles. The molecule has 1 aromatic heterocycles. The van der Waals surface area contributed by atoms with Gasteiger partial charge in [-0.25, -0.2) is 4.98 Å². The molecule has 25 heavy (non-hydrogen) atoms. The van der Waals surface area contributed by atoms with Crippen molar-refractivity contribution in [3.63, 3.8) is 0 Å². The molecule has 0 saturated carbocycles. The third-order valence-corrected chi connectivity index (χ3v) is 4.90. The van der Waals surface area contributed by atoms with Crippen LogP contribution < -0.4 is 4.74 Å². The molecule has 0 bridgehead atoms. The Labute approximate surface area is 159 Å². The highest BCUT2D eigenvalue weighted by Crippen LogP contribution is 2.28. The van der Waals surface area contributed by atoms with Crippen LogP contribution in [0.3, 0.4) is 0 Å². The second-order valence-corrected chi connectivity index (χ2v) is 6.99. The number of allylic oxidation sites excluding steroid dienone is 1. The monoisotopic (exact) mass is 410 g/mol. The van der Waals surface area contributed by atoms with Crippen molar-refractivity contribution in [3.8, 4) is 23.1 Å². The summed E-state index contributed by atoms with van der Waals surface area (Å²) in [5, 5.41) is 12.2. The smallest absolute Gasteiger partial charge is 0.134 e. The number of nitriles is 1. The molecule has 0 aliphatic heterocycles. The first-order chi connectivity index (χ1) is 12.2. The van der Waals surface area contributed by atoms with Gasteiger partial charge in [-0.15, -0.1) is 11.3 Å². The maximum atomic E-state index is 9.51. The first kappa shape index (κ1) is 17.4. The van der Waals surface area contributed by atoms with Crippen LogP contribution in [0.1, 0.15) is 17.5 Å². The zero-order valence-electron chi connectivity index (χ0n) is 13.6. The molecule has 0 unspecified atom stereocenters. The maximum absolute atomic E-state index is 9.51. The van der Waals surface area contributed by atoms with Gasteiger partial charge in [0.1, 0.15) is 16.8 Å². The summed E-state index contributed by atoms with van der Waals surface area (Å²) < 4.78 is 6.47. The highest BCUT2D eigenvalue weighted by atomic mass is 79.9. The molecule has 1 heterocycles. The molecule has 3 rings (SSSR count). The van der Waals surface area contributed by atoms with E-state index in [0.29, 0.717) is 17.2 Å². The summed E-state index contributed by atoms with van der Waals surface area (Å²) in [6.07, 6.45) is 1.85. The minimum absolute atomic E-state index is 0.553. The van der Waals surface area contributed by atoms with E-state index in [4.69, 9.17) is 4.74 Å². The standard InChI is InChI=1S/C20H15BrN2OS/c1-2-24-18-9-3-14(4-10-18)11-16(12-22)20-23-19(13-25-20)15-5-7-17(21)8-6-15/h3-11,13H,2H2,1H3/b16-11-. The lowest BCUT2D eigenvalue weighted by atomic mass is 10.1. The van der Waals surface area contributed by atoms with Crippen LogP contribution in [-0.4, -0.2) is 11.6 Å².